The topological polar surface area (TPSA) is 100 Å². The van der Waals surface area contributed by atoms with Crippen LogP contribution in [-0.2, 0) is 27.3 Å². The summed E-state index contributed by atoms with van der Waals surface area (Å²) in [6.45, 7) is 5.47. The van der Waals surface area contributed by atoms with Crippen LogP contribution in [0.2, 0.25) is 0 Å². The fraction of sp³-hybridized carbons (Fsp3) is 0.429. The number of methoxy groups -OCH3 is 1. The molecule has 0 radical (unpaired) electrons. The van der Waals surface area contributed by atoms with E-state index < -0.39 is 18.1 Å². The third-order valence-electron chi connectivity index (χ3n) is 6.95. The zero-order valence-electron chi connectivity index (χ0n) is 20.8. The average Bonchev–Trinajstić information content (AvgIpc) is 3.24. The normalized spacial score (nSPS) is 16.3. The van der Waals surface area contributed by atoms with Gasteiger partial charge in [-0.1, -0.05) is 44.2 Å². The van der Waals surface area contributed by atoms with Gasteiger partial charge in [0.2, 0.25) is 5.91 Å². The molecule has 0 spiro atoms. The van der Waals surface area contributed by atoms with E-state index in [1.807, 2.05) is 12.1 Å². The van der Waals surface area contributed by atoms with Gasteiger partial charge in [-0.2, -0.15) is 0 Å². The van der Waals surface area contributed by atoms with Crippen LogP contribution in [0.1, 0.15) is 55.8 Å². The molecule has 35 heavy (non-hydrogen) atoms. The van der Waals surface area contributed by atoms with Crippen molar-refractivity contribution in [3.8, 4) is 0 Å². The quantitative estimate of drug-likeness (QED) is 0.320. The molecule has 0 saturated heterocycles. The van der Waals surface area contributed by atoms with Gasteiger partial charge in [-0.15, -0.1) is 0 Å². The number of nitrogens with two attached hydrogens (primary N) is 1. The number of carbonyl (C=O) groups excluding carboxylic acids is 2. The molecule has 0 fully saturated rings. The van der Waals surface area contributed by atoms with E-state index in [-0.39, 0.29) is 5.91 Å². The highest BCUT2D eigenvalue weighted by atomic mass is 16.5. The van der Waals surface area contributed by atoms with Crippen molar-refractivity contribution in [3.05, 3.63) is 65.4 Å². The van der Waals surface area contributed by atoms with Gasteiger partial charge >= 0.3 is 5.97 Å². The van der Waals surface area contributed by atoms with Gasteiger partial charge in [-0.25, -0.2) is 4.79 Å². The molecule has 1 amide bonds. The highest BCUT2D eigenvalue weighted by Crippen LogP contribution is 2.34. The number of rotatable bonds is 9. The molecule has 4 N–H and O–H groups in total. The zero-order chi connectivity index (χ0) is 24.9. The SMILES string of the molecule is COC(=O)C(CCCCN)NC(=O)C1Cc2c([nH]c3ccccc23)CN1c1ccc(C(C)C)cc1. The van der Waals surface area contributed by atoms with Crippen LogP contribution >= 0.6 is 0 Å². The summed E-state index contributed by atoms with van der Waals surface area (Å²) in [5.41, 5.74) is 11.2. The molecule has 2 aromatic carbocycles. The number of para-hydroxylation sites is 1. The molecule has 0 bridgehead atoms. The number of esters is 1. The first-order valence-electron chi connectivity index (χ1n) is 12.5. The lowest BCUT2D eigenvalue weighted by molar-refractivity contribution is -0.145. The number of H-pyrrole nitrogens is 1. The van der Waals surface area contributed by atoms with Gasteiger partial charge in [0.1, 0.15) is 12.1 Å². The van der Waals surface area contributed by atoms with Crippen molar-refractivity contribution >= 4 is 28.5 Å². The number of fused-ring (bicyclic) bond motifs is 3. The minimum atomic E-state index is -0.686. The third-order valence-corrected chi connectivity index (χ3v) is 6.95. The predicted molar refractivity (Wildman–Crippen MR) is 139 cm³/mol. The Morgan fingerprint density at radius 2 is 1.89 bits per heavy atom. The average molecular weight is 477 g/mol. The molecule has 1 aliphatic rings. The molecule has 2 heterocycles. The molecular formula is C28H36N4O3. The zero-order valence-corrected chi connectivity index (χ0v) is 20.8. The maximum atomic E-state index is 13.7. The largest absolute Gasteiger partial charge is 0.467 e. The van der Waals surface area contributed by atoms with Crippen LogP contribution < -0.4 is 16.0 Å². The molecule has 7 heteroatoms. The molecule has 2 unspecified atom stereocenters. The standard InChI is InChI=1S/C28H36N4O3/c1-18(2)19-11-13-20(14-12-19)32-17-25-22(21-8-4-5-9-23(21)30-25)16-26(32)27(33)31-24(28(34)35-3)10-6-7-15-29/h4-5,8-9,11-14,18,24,26,30H,6-7,10,15-17,29H2,1-3H3,(H,31,33). The van der Waals surface area contributed by atoms with Crippen LogP contribution in [0.4, 0.5) is 5.69 Å². The molecule has 1 aromatic heterocycles. The number of benzene rings is 2. The van der Waals surface area contributed by atoms with Gasteiger partial charge in [-0.05, 0) is 61.1 Å². The summed E-state index contributed by atoms with van der Waals surface area (Å²) in [5, 5.41) is 4.13. The summed E-state index contributed by atoms with van der Waals surface area (Å²) in [5.74, 6) is -0.164. The molecule has 2 atom stereocenters. The van der Waals surface area contributed by atoms with E-state index in [1.165, 1.54) is 12.7 Å². The Bertz CT molecular complexity index is 1170. The number of aromatic amines is 1. The summed E-state index contributed by atoms with van der Waals surface area (Å²) in [4.78, 5) is 31.8. The summed E-state index contributed by atoms with van der Waals surface area (Å²) in [6, 6.07) is 15.5. The van der Waals surface area contributed by atoms with Crippen LogP contribution in [0.3, 0.4) is 0 Å². The maximum Gasteiger partial charge on any atom is 0.328 e. The first-order chi connectivity index (χ1) is 16.9. The predicted octanol–water partition coefficient (Wildman–Crippen LogP) is 4.01. The first-order valence-corrected chi connectivity index (χ1v) is 12.5. The number of anilines is 1. The van der Waals surface area contributed by atoms with E-state index in [4.69, 9.17) is 10.5 Å². The third kappa shape index (κ3) is 5.35. The second-order valence-electron chi connectivity index (χ2n) is 9.59. The van der Waals surface area contributed by atoms with E-state index >= 15 is 0 Å². The van der Waals surface area contributed by atoms with Gasteiger partial charge in [-0.3, -0.25) is 4.79 Å². The summed E-state index contributed by atoms with van der Waals surface area (Å²) in [6.07, 6.45) is 2.59. The fourth-order valence-electron chi connectivity index (χ4n) is 4.92. The molecule has 1 aliphatic heterocycles. The minimum absolute atomic E-state index is 0.169. The second kappa shape index (κ2) is 11.0. The lowest BCUT2D eigenvalue weighted by atomic mass is 9.94. The monoisotopic (exact) mass is 476 g/mol. The number of carbonyl (C=O) groups is 2. The van der Waals surface area contributed by atoms with Crippen LogP contribution in [0, 0.1) is 0 Å². The van der Waals surface area contributed by atoms with E-state index in [0.29, 0.717) is 31.8 Å². The van der Waals surface area contributed by atoms with Gasteiger partial charge in [0, 0.05) is 28.7 Å². The van der Waals surface area contributed by atoms with Crippen molar-refractivity contribution in [3.63, 3.8) is 0 Å². The van der Waals surface area contributed by atoms with Gasteiger partial charge in [0.15, 0.2) is 0 Å². The van der Waals surface area contributed by atoms with E-state index in [1.54, 1.807) is 0 Å². The van der Waals surface area contributed by atoms with Crippen LogP contribution in [-0.4, -0.2) is 42.6 Å². The number of unbranched alkanes of at least 4 members (excludes halogenated alkanes) is 1. The molecule has 0 saturated carbocycles. The van der Waals surface area contributed by atoms with Crippen LogP contribution in [0.5, 0.6) is 0 Å². The maximum absolute atomic E-state index is 13.7. The number of nitrogens with zero attached hydrogens (tertiary/aromatic N) is 1. The molecule has 4 rings (SSSR count). The molecule has 0 aliphatic carbocycles. The van der Waals surface area contributed by atoms with Crippen LogP contribution in [0.25, 0.3) is 10.9 Å². The highest BCUT2D eigenvalue weighted by molar-refractivity contribution is 5.92. The number of amides is 1. The minimum Gasteiger partial charge on any atom is -0.467 e. The number of aromatic nitrogens is 1. The van der Waals surface area contributed by atoms with Gasteiger partial charge in [0.05, 0.1) is 13.7 Å². The van der Waals surface area contributed by atoms with Crippen molar-refractivity contribution < 1.29 is 14.3 Å². The van der Waals surface area contributed by atoms with Crippen molar-refractivity contribution in [2.24, 2.45) is 5.73 Å². The molecular weight excluding hydrogens is 440 g/mol. The van der Waals surface area contributed by atoms with Crippen molar-refractivity contribution in [1.29, 1.82) is 0 Å². The Kier molecular flexibility index (Phi) is 7.76. The summed E-state index contributed by atoms with van der Waals surface area (Å²) >= 11 is 0. The Balaban J connectivity index is 1.66. The van der Waals surface area contributed by atoms with E-state index in [9.17, 15) is 9.59 Å². The number of hydrogen-bond acceptors (Lipinski definition) is 5. The van der Waals surface area contributed by atoms with Crippen molar-refractivity contribution in [1.82, 2.24) is 10.3 Å². The number of nitrogens with one attached hydrogen (secondary N) is 2. The lowest BCUT2D eigenvalue weighted by Crippen LogP contribution is -2.54. The lowest BCUT2D eigenvalue weighted by Gasteiger charge is -2.37. The van der Waals surface area contributed by atoms with Gasteiger partial charge < -0.3 is 25.7 Å². The molecule has 3 aromatic rings. The van der Waals surface area contributed by atoms with Crippen molar-refractivity contribution in [2.45, 2.75) is 64.1 Å². The Labute approximate surface area is 207 Å². The number of ether oxygens (including phenoxy) is 1. The number of hydrogen-bond donors (Lipinski definition) is 3. The summed E-state index contributed by atoms with van der Waals surface area (Å²) in [7, 11) is 1.35. The first kappa shape index (κ1) is 24.8. The smallest absolute Gasteiger partial charge is 0.328 e. The molecule has 7 nitrogen and oxygen atoms in total. The van der Waals surface area contributed by atoms with Gasteiger partial charge in [0.25, 0.3) is 0 Å². The van der Waals surface area contributed by atoms with Crippen LogP contribution in [0.15, 0.2) is 48.5 Å². The highest BCUT2D eigenvalue weighted by Gasteiger charge is 2.35. The Morgan fingerprint density at radius 1 is 1.14 bits per heavy atom. The van der Waals surface area contributed by atoms with E-state index in [2.05, 4.69) is 65.4 Å². The molecule has 186 valence electrons. The Morgan fingerprint density at radius 3 is 2.57 bits per heavy atom. The summed E-state index contributed by atoms with van der Waals surface area (Å²) < 4.78 is 4.98. The second-order valence-corrected chi connectivity index (χ2v) is 9.59. The Hall–Kier alpha value is -3.32. The van der Waals surface area contributed by atoms with E-state index in [0.717, 1.165) is 40.7 Å². The van der Waals surface area contributed by atoms with Crippen molar-refractivity contribution in [2.75, 3.05) is 18.6 Å². The fourth-order valence-corrected chi connectivity index (χ4v) is 4.92.